The van der Waals surface area contributed by atoms with Crippen molar-refractivity contribution in [1.29, 1.82) is 0 Å². The smallest absolute Gasteiger partial charge is 0.131 e. The normalized spacial score (nSPS) is 11.6. The van der Waals surface area contributed by atoms with E-state index in [0.29, 0.717) is 5.75 Å². The Labute approximate surface area is 149 Å². The highest BCUT2D eigenvalue weighted by molar-refractivity contribution is 6.14. The Hall–Kier alpha value is -3.46. The predicted octanol–water partition coefficient (Wildman–Crippen LogP) is 5.72. The molecule has 0 heterocycles. The molecule has 3 heteroatoms. The van der Waals surface area contributed by atoms with Crippen LogP contribution in [-0.4, -0.2) is 17.3 Å². The molecule has 0 aliphatic rings. The molecule has 0 radical (unpaired) electrons. The molecular formula is C23H16O3. The van der Waals surface area contributed by atoms with Gasteiger partial charge in [-0.3, -0.25) is 0 Å². The highest BCUT2D eigenvalue weighted by Crippen LogP contribution is 2.41. The first-order chi connectivity index (χ1) is 12.7. The van der Waals surface area contributed by atoms with Crippen LogP contribution in [0, 0.1) is 0 Å². The maximum absolute atomic E-state index is 10.9. The number of hydrogen-bond donors (Lipinski definition) is 2. The SMILES string of the molecule is COc1ccc2cc3cc4c(O)c5ccccc5cc4cc3c(O)c2c1. The van der Waals surface area contributed by atoms with Crippen molar-refractivity contribution < 1.29 is 14.9 Å². The quantitative estimate of drug-likeness (QED) is 0.384. The second-order valence-corrected chi connectivity index (χ2v) is 6.55. The fraction of sp³-hybridized carbons (Fsp3) is 0.0435. The van der Waals surface area contributed by atoms with Crippen LogP contribution in [-0.2, 0) is 0 Å². The molecule has 0 aliphatic carbocycles. The zero-order chi connectivity index (χ0) is 17.8. The van der Waals surface area contributed by atoms with Gasteiger partial charge in [-0.15, -0.1) is 0 Å². The maximum Gasteiger partial charge on any atom is 0.131 e. The van der Waals surface area contributed by atoms with Crippen LogP contribution in [0.5, 0.6) is 17.2 Å². The van der Waals surface area contributed by atoms with Gasteiger partial charge in [0, 0.05) is 21.5 Å². The Morgan fingerprint density at radius 1 is 0.577 bits per heavy atom. The maximum atomic E-state index is 10.9. The van der Waals surface area contributed by atoms with E-state index in [4.69, 9.17) is 4.74 Å². The Bertz CT molecular complexity index is 1340. The number of benzene rings is 5. The average Bonchev–Trinajstić information content (AvgIpc) is 2.67. The van der Waals surface area contributed by atoms with E-state index >= 15 is 0 Å². The van der Waals surface area contributed by atoms with E-state index in [1.165, 1.54) is 0 Å². The third kappa shape index (κ3) is 2.01. The number of methoxy groups -OCH3 is 1. The van der Waals surface area contributed by atoms with Gasteiger partial charge in [0.15, 0.2) is 0 Å². The van der Waals surface area contributed by atoms with Crippen LogP contribution in [0.4, 0.5) is 0 Å². The van der Waals surface area contributed by atoms with Gasteiger partial charge in [0.25, 0.3) is 0 Å². The first-order valence-corrected chi connectivity index (χ1v) is 8.43. The van der Waals surface area contributed by atoms with Crippen LogP contribution in [0.15, 0.2) is 66.7 Å². The van der Waals surface area contributed by atoms with Crippen LogP contribution in [0.1, 0.15) is 0 Å². The van der Waals surface area contributed by atoms with Gasteiger partial charge in [-0.2, -0.15) is 0 Å². The van der Waals surface area contributed by atoms with Gasteiger partial charge >= 0.3 is 0 Å². The molecule has 0 atom stereocenters. The third-order valence-electron chi connectivity index (χ3n) is 5.09. The van der Waals surface area contributed by atoms with Gasteiger partial charge in [-0.1, -0.05) is 30.3 Å². The van der Waals surface area contributed by atoms with Crippen LogP contribution in [0.3, 0.4) is 0 Å². The molecule has 0 aliphatic heterocycles. The molecule has 0 fully saturated rings. The molecule has 0 saturated heterocycles. The fourth-order valence-electron chi connectivity index (χ4n) is 3.74. The van der Waals surface area contributed by atoms with E-state index in [1.807, 2.05) is 66.7 Å². The van der Waals surface area contributed by atoms with Crippen molar-refractivity contribution in [2.24, 2.45) is 0 Å². The topological polar surface area (TPSA) is 49.7 Å². The molecule has 3 nitrogen and oxygen atoms in total. The molecular weight excluding hydrogens is 324 g/mol. The standard InChI is InChI=1S/C23H16O3/c1-26-17-7-6-14-9-16-10-19-15(11-20(16)23(25)21(14)12-17)8-13-4-2-3-5-18(13)22(19)24/h2-12,24-25H,1H3. The number of hydrogen-bond acceptors (Lipinski definition) is 3. The van der Waals surface area contributed by atoms with Crippen molar-refractivity contribution in [2.75, 3.05) is 7.11 Å². The summed E-state index contributed by atoms with van der Waals surface area (Å²) in [6.07, 6.45) is 0. The van der Waals surface area contributed by atoms with Gasteiger partial charge in [0.05, 0.1) is 7.11 Å². The molecule has 0 amide bonds. The van der Waals surface area contributed by atoms with E-state index in [2.05, 4.69) is 0 Å². The number of phenolic OH excluding ortho intramolecular Hbond substituents is 2. The number of phenols is 2. The van der Waals surface area contributed by atoms with Crippen molar-refractivity contribution in [3.05, 3.63) is 66.7 Å². The molecule has 5 rings (SSSR count). The van der Waals surface area contributed by atoms with E-state index in [0.717, 1.165) is 43.1 Å². The molecule has 5 aromatic carbocycles. The summed E-state index contributed by atoms with van der Waals surface area (Å²) in [4.78, 5) is 0. The number of aromatic hydroxyl groups is 2. The van der Waals surface area contributed by atoms with Crippen LogP contribution in [0.2, 0.25) is 0 Å². The average molecular weight is 340 g/mol. The second-order valence-electron chi connectivity index (χ2n) is 6.55. The second kappa shape index (κ2) is 5.27. The summed E-state index contributed by atoms with van der Waals surface area (Å²) in [6, 6.07) is 21.3. The summed E-state index contributed by atoms with van der Waals surface area (Å²) in [5, 5.41) is 28.4. The first-order valence-electron chi connectivity index (χ1n) is 8.43. The molecule has 2 N–H and O–H groups in total. The summed E-state index contributed by atoms with van der Waals surface area (Å²) in [7, 11) is 1.61. The van der Waals surface area contributed by atoms with Crippen molar-refractivity contribution >= 4 is 43.1 Å². The molecule has 0 bridgehead atoms. The fourth-order valence-corrected chi connectivity index (χ4v) is 3.74. The van der Waals surface area contributed by atoms with Gasteiger partial charge in [-0.05, 0) is 57.9 Å². The van der Waals surface area contributed by atoms with Crippen molar-refractivity contribution in [3.8, 4) is 17.2 Å². The van der Waals surface area contributed by atoms with Gasteiger partial charge < -0.3 is 14.9 Å². The third-order valence-corrected chi connectivity index (χ3v) is 5.09. The van der Waals surface area contributed by atoms with Crippen LogP contribution in [0.25, 0.3) is 43.1 Å². The van der Waals surface area contributed by atoms with Gasteiger partial charge in [0.2, 0.25) is 0 Å². The van der Waals surface area contributed by atoms with Crippen LogP contribution < -0.4 is 4.74 Å². The van der Waals surface area contributed by atoms with Gasteiger partial charge in [0.1, 0.15) is 17.2 Å². The lowest BCUT2D eigenvalue weighted by atomic mass is 9.96. The van der Waals surface area contributed by atoms with Crippen molar-refractivity contribution in [3.63, 3.8) is 0 Å². The minimum Gasteiger partial charge on any atom is -0.507 e. The predicted molar refractivity (Wildman–Crippen MR) is 106 cm³/mol. The number of ether oxygens (including phenoxy) is 1. The lowest BCUT2D eigenvalue weighted by molar-refractivity contribution is 0.415. The monoisotopic (exact) mass is 340 g/mol. The molecule has 126 valence electrons. The van der Waals surface area contributed by atoms with Crippen molar-refractivity contribution in [2.45, 2.75) is 0 Å². The zero-order valence-electron chi connectivity index (χ0n) is 14.2. The minimum atomic E-state index is 0.228. The van der Waals surface area contributed by atoms with E-state index in [1.54, 1.807) is 7.11 Å². The van der Waals surface area contributed by atoms with Gasteiger partial charge in [-0.25, -0.2) is 0 Å². The lowest BCUT2D eigenvalue weighted by Gasteiger charge is -2.11. The van der Waals surface area contributed by atoms with Crippen molar-refractivity contribution in [1.82, 2.24) is 0 Å². The van der Waals surface area contributed by atoms with E-state index in [9.17, 15) is 10.2 Å². The molecule has 5 aromatic rings. The van der Waals surface area contributed by atoms with Crippen LogP contribution >= 0.6 is 0 Å². The summed E-state index contributed by atoms with van der Waals surface area (Å²) in [5.41, 5.74) is 0. The number of fused-ring (bicyclic) bond motifs is 4. The highest BCUT2D eigenvalue weighted by atomic mass is 16.5. The molecule has 26 heavy (non-hydrogen) atoms. The highest BCUT2D eigenvalue weighted by Gasteiger charge is 2.12. The Morgan fingerprint density at radius 2 is 1.15 bits per heavy atom. The first kappa shape index (κ1) is 14.8. The summed E-state index contributed by atoms with van der Waals surface area (Å²) in [6.45, 7) is 0. The summed E-state index contributed by atoms with van der Waals surface area (Å²) in [5.74, 6) is 1.21. The Balaban J connectivity index is 1.94. The number of rotatable bonds is 1. The van der Waals surface area contributed by atoms with E-state index < -0.39 is 0 Å². The summed E-state index contributed by atoms with van der Waals surface area (Å²) < 4.78 is 5.28. The van der Waals surface area contributed by atoms with E-state index in [-0.39, 0.29) is 11.5 Å². The summed E-state index contributed by atoms with van der Waals surface area (Å²) >= 11 is 0. The zero-order valence-corrected chi connectivity index (χ0v) is 14.2. The molecule has 0 spiro atoms. The largest absolute Gasteiger partial charge is 0.507 e. The molecule has 0 aromatic heterocycles. The molecule has 0 unspecified atom stereocenters. The minimum absolute atomic E-state index is 0.228. The Morgan fingerprint density at radius 3 is 1.85 bits per heavy atom. The lowest BCUT2D eigenvalue weighted by Crippen LogP contribution is -1.85. The Kier molecular flexibility index (Phi) is 3.01. The molecule has 0 saturated carbocycles.